The summed E-state index contributed by atoms with van der Waals surface area (Å²) in [6.45, 7) is 1.58. The molecule has 8 nitrogen and oxygen atoms in total. The quantitative estimate of drug-likeness (QED) is 0.774. The summed E-state index contributed by atoms with van der Waals surface area (Å²) in [5.41, 5.74) is 5.35. The van der Waals surface area contributed by atoms with Crippen molar-refractivity contribution < 1.29 is 22.7 Å². The Hall–Kier alpha value is -2.13. The van der Waals surface area contributed by atoms with Crippen molar-refractivity contribution in [1.29, 1.82) is 0 Å². The Morgan fingerprint density at radius 3 is 2.25 bits per heavy atom. The van der Waals surface area contributed by atoms with Crippen LogP contribution in [0.25, 0.3) is 0 Å². The zero-order valence-corrected chi connectivity index (χ0v) is 16.9. The molecule has 0 aliphatic carbocycles. The predicted molar refractivity (Wildman–Crippen MR) is 103 cm³/mol. The van der Waals surface area contributed by atoms with Gasteiger partial charge in [-0.15, -0.1) is 0 Å². The van der Waals surface area contributed by atoms with Crippen molar-refractivity contribution in [3.63, 3.8) is 0 Å². The molecule has 0 radical (unpaired) electrons. The van der Waals surface area contributed by atoms with E-state index in [1.54, 1.807) is 17.0 Å². The number of piperidine rings is 2. The van der Waals surface area contributed by atoms with Crippen molar-refractivity contribution in [2.45, 2.75) is 30.6 Å². The molecule has 0 spiro atoms. The molecule has 1 atom stereocenters. The Morgan fingerprint density at radius 1 is 1.04 bits per heavy atom. The molecule has 2 heterocycles. The van der Waals surface area contributed by atoms with E-state index in [0.717, 1.165) is 0 Å². The lowest BCUT2D eigenvalue weighted by Crippen LogP contribution is -2.49. The van der Waals surface area contributed by atoms with E-state index < -0.39 is 10.0 Å². The second-order valence-electron chi connectivity index (χ2n) is 7.38. The Labute approximate surface area is 165 Å². The van der Waals surface area contributed by atoms with Crippen LogP contribution in [0, 0.1) is 11.8 Å². The molecule has 2 aliphatic heterocycles. The summed E-state index contributed by atoms with van der Waals surface area (Å²) in [6.07, 6.45) is 2.45. The van der Waals surface area contributed by atoms with E-state index in [0.29, 0.717) is 51.1 Å². The topological polar surface area (TPSA) is 110 Å². The molecule has 1 aromatic rings. The Kier molecular flexibility index (Phi) is 6.24. The summed E-state index contributed by atoms with van der Waals surface area (Å²) in [5, 5.41) is 0. The van der Waals surface area contributed by atoms with Crippen molar-refractivity contribution in [3.05, 3.63) is 24.3 Å². The second-order valence-corrected chi connectivity index (χ2v) is 9.32. The van der Waals surface area contributed by atoms with Gasteiger partial charge >= 0.3 is 0 Å². The third-order valence-corrected chi connectivity index (χ3v) is 7.52. The number of carbonyl (C=O) groups excluding carboxylic acids is 2. The molecule has 0 unspecified atom stereocenters. The van der Waals surface area contributed by atoms with Crippen LogP contribution in [0.2, 0.25) is 0 Å². The first kappa shape index (κ1) is 20.6. The van der Waals surface area contributed by atoms with Crippen LogP contribution in [-0.4, -0.2) is 62.7 Å². The first-order valence-electron chi connectivity index (χ1n) is 9.55. The smallest absolute Gasteiger partial charge is 0.243 e. The fraction of sp³-hybridized carbons (Fsp3) is 0.579. The zero-order valence-electron chi connectivity index (χ0n) is 16.0. The van der Waals surface area contributed by atoms with Crippen molar-refractivity contribution in [3.8, 4) is 5.75 Å². The highest BCUT2D eigenvalue weighted by Crippen LogP contribution is 2.27. The number of sulfonamides is 1. The molecule has 0 saturated carbocycles. The maximum absolute atomic E-state index is 13.0. The minimum atomic E-state index is -3.66. The molecule has 2 aliphatic rings. The number of methoxy groups -OCH3 is 1. The van der Waals surface area contributed by atoms with E-state index in [9.17, 15) is 18.0 Å². The number of hydrogen-bond donors (Lipinski definition) is 1. The molecular weight excluding hydrogens is 382 g/mol. The second kappa shape index (κ2) is 8.48. The van der Waals surface area contributed by atoms with Gasteiger partial charge in [-0.25, -0.2) is 8.42 Å². The van der Waals surface area contributed by atoms with Gasteiger partial charge in [0.2, 0.25) is 21.8 Å². The minimum absolute atomic E-state index is 0.0300. The lowest BCUT2D eigenvalue weighted by Gasteiger charge is -2.37. The highest BCUT2D eigenvalue weighted by atomic mass is 32.2. The lowest BCUT2D eigenvalue weighted by atomic mass is 9.93. The first-order chi connectivity index (χ1) is 13.3. The van der Waals surface area contributed by atoms with Gasteiger partial charge in [-0.2, -0.15) is 4.31 Å². The largest absolute Gasteiger partial charge is 0.497 e. The van der Waals surface area contributed by atoms with E-state index >= 15 is 0 Å². The molecule has 2 amide bonds. The summed E-state index contributed by atoms with van der Waals surface area (Å²) in [5.74, 6) is -0.293. The maximum atomic E-state index is 13.0. The summed E-state index contributed by atoms with van der Waals surface area (Å²) >= 11 is 0. The highest BCUT2D eigenvalue weighted by molar-refractivity contribution is 7.89. The fourth-order valence-electron chi connectivity index (χ4n) is 3.90. The van der Waals surface area contributed by atoms with Crippen LogP contribution >= 0.6 is 0 Å². The van der Waals surface area contributed by atoms with Crippen molar-refractivity contribution in [2.24, 2.45) is 17.6 Å². The molecule has 2 N–H and O–H groups in total. The van der Waals surface area contributed by atoms with Gasteiger partial charge in [0, 0.05) is 32.1 Å². The number of nitrogens with two attached hydrogens (primary N) is 1. The fourth-order valence-corrected chi connectivity index (χ4v) is 5.43. The van der Waals surface area contributed by atoms with E-state index in [2.05, 4.69) is 0 Å². The van der Waals surface area contributed by atoms with Crippen molar-refractivity contribution in [2.75, 3.05) is 33.3 Å². The summed E-state index contributed by atoms with van der Waals surface area (Å²) in [6, 6.07) is 6.27. The molecule has 154 valence electrons. The van der Waals surface area contributed by atoms with Gasteiger partial charge < -0.3 is 15.4 Å². The third-order valence-electron chi connectivity index (χ3n) is 5.64. The standard InChI is InChI=1S/C19H27N3O5S/c1-27-16-4-6-17(7-5-16)28(25,26)22-10-2-3-15(13-22)19(24)21-11-8-14(9-12-21)18(20)23/h4-7,14-15H,2-3,8-13H2,1H3,(H2,20,23)/t15-/m1/s1. The number of rotatable bonds is 5. The van der Waals surface area contributed by atoms with Crippen LogP contribution in [0.4, 0.5) is 0 Å². The summed E-state index contributed by atoms with van der Waals surface area (Å²) in [4.78, 5) is 26.1. The average molecular weight is 410 g/mol. The third kappa shape index (κ3) is 4.30. The first-order valence-corrected chi connectivity index (χ1v) is 11.0. The normalized spacial score (nSPS) is 22.0. The van der Waals surface area contributed by atoms with Crippen LogP contribution in [-0.2, 0) is 19.6 Å². The predicted octanol–water partition coefficient (Wildman–Crippen LogP) is 0.820. The molecule has 3 rings (SSSR count). The number of likely N-dealkylation sites (tertiary alicyclic amines) is 1. The van der Waals surface area contributed by atoms with Gasteiger partial charge in [0.05, 0.1) is 17.9 Å². The van der Waals surface area contributed by atoms with E-state index in [1.807, 2.05) is 0 Å². The van der Waals surface area contributed by atoms with Gasteiger partial charge in [-0.1, -0.05) is 0 Å². The number of amides is 2. The van der Waals surface area contributed by atoms with Crippen LogP contribution in [0.15, 0.2) is 29.2 Å². The summed E-state index contributed by atoms with van der Waals surface area (Å²) in [7, 11) is -2.13. The minimum Gasteiger partial charge on any atom is -0.497 e. The molecule has 2 saturated heterocycles. The van der Waals surface area contributed by atoms with Crippen LogP contribution in [0.5, 0.6) is 5.75 Å². The van der Waals surface area contributed by atoms with E-state index in [1.165, 1.54) is 23.5 Å². The van der Waals surface area contributed by atoms with Crippen LogP contribution < -0.4 is 10.5 Å². The van der Waals surface area contributed by atoms with Gasteiger partial charge in [0.1, 0.15) is 5.75 Å². The molecule has 0 bridgehead atoms. The number of benzene rings is 1. The zero-order chi connectivity index (χ0) is 20.3. The summed E-state index contributed by atoms with van der Waals surface area (Å²) < 4.78 is 32.4. The van der Waals surface area contributed by atoms with Crippen LogP contribution in [0.3, 0.4) is 0 Å². The van der Waals surface area contributed by atoms with E-state index in [-0.39, 0.29) is 35.1 Å². The average Bonchev–Trinajstić information content (AvgIpc) is 2.73. The SMILES string of the molecule is COc1ccc(S(=O)(=O)N2CCC[C@@H](C(=O)N3CCC(C(N)=O)CC3)C2)cc1. The Balaban J connectivity index is 1.66. The van der Waals surface area contributed by atoms with E-state index in [4.69, 9.17) is 10.5 Å². The molecule has 1 aromatic carbocycles. The maximum Gasteiger partial charge on any atom is 0.243 e. The highest BCUT2D eigenvalue weighted by Gasteiger charge is 2.36. The molecule has 0 aromatic heterocycles. The van der Waals surface area contributed by atoms with Gasteiger partial charge in [0.25, 0.3) is 0 Å². The van der Waals surface area contributed by atoms with Crippen molar-refractivity contribution >= 4 is 21.8 Å². The molecule has 28 heavy (non-hydrogen) atoms. The molecule has 9 heteroatoms. The number of hydrogen-bond acceptors (Lipinski definition) is 5. The van der Waals surface area contributed by atoms with Gasteiger partial charge in [0.15, 0.2) is 0 Å². The van der Waals surface area contributed by atoms with Crippen LogP contribution in [0.1, 0.15) is 25.7 Å². The number of ether oxygens (including phenoxy) is 1. The number of primary amides is 1. The monoisotopic (exact) mass is 409 g/mol. The van der Waals surface area contributed by atoms with Gasteiger partial charge in [-0.3, -0.25) is 9.59 Å². The molecular formula is C19H27N3O5S. The number of carbonyl (C=O) groups is 2. The molecule has 2 fully saturated rings. The Bertz CT molecular complexity index is 816. The number of nitrogens with zero attached hydrogens (tertiary/aromatic N) is 2. The lowest BCUT2D eigenvalue weighted by molar-refractivity contribution is -0.139. The Morgan fingerprint density at radius 2 is 1.68 bits per heavy atom. The van der Waals surface area contributed by atoms with Gasteiger partial charge in [-0.05, 0) is 49.9 Å². The van der Waals surface area contributed by atoms with Crippen molar-refractivity contribution in [1.82, 2.24) is 9.21 Å².